The van der Waals surface area contributed by atoms with E-state index in [9.17, 15) is 19.2 Å². The molecule has 0 aromatic rings. The van der Waals surface area contributed by atoms with E-state index in [1.165, 1.54) is 13.8 Å². The number of Topliss-reactive ketones (excluding diaryl/α,β-unsaturated/α-hetero) is 4. The van der Waals surface area contributed by atoms with Gasteiger partial charge in [0, 0.05) is 26.7 Å². The summed E-state index contributed by atoms with van der Waals surface area (Å²) in [6.45, 7) is 6.85. The highest BCUT2D eigenvalue weighted by Gasteiger charge is 2.06. The van der Waals surface area contributed by atoms with E-state index in [0.29, 0.717) is 12.8 Å². The number of carbonyl (C=O) groups is 4. The first kappa shape index (κ1) is 22.0. The summed E-state index contributed by atoms with van der Waals surface area (Å²) in [7, 11) is 0. The maximum Gasteiger partial charge on any atom is 0.198 e. The molecule has 0 amide bonds. The summed E-state index contributed by atoms with van der Waals surface area (Å²) >= 11 is 0. The highest BCUT2D eigenvalue weighted by Crippen LogP contribution is 2.02. The molecule has 21 heavy (non-hydrogen) atoms. The highest BCUT2D eigenvalue weighted by molar-refractivity contribution is 6.36. The Balaban J connectivity index is 0. The Morgan fingerprint density at radius 2 is 0.905 bits per heavy atom. The van der Waals surface area contributed by atoms with Crippen LogP contribution in [0.25, 0.3) is 0 Å². The van der Waals surface area contributed by atoms with Crippen LogP contribution in [0.4, 0.5) is 0 Å². The van der Waals surface area contributed by atoms with Crippen LogP contribution in [0.15, 0.2) is 0 Å². The largest absolute Gasteiger partial charge is 0.291 e. The van der Waals surface area contributed by atoms with Crippen LogP contribution >= 0.6 is 0 Å². The molecule has 0 saturated heterocycles. The first-order valence-corrected chi connectivity index (χ1v) is 7.94. The minimum Gasteiger partial charge on any atom is -0.291 e. The van der Waals surface area contributed by atoms with E-state index in [1.54, 1.807) is 0 Å². The van der Waals surface area contributed by atoms with Gasteiger partial charge in [-0.15, -0.1) is 0 Å². The zero-order valence-electron chi connectivity index (χ0n) is 14.0. The van der Waals surface area contributed by atoms with Crippen LogP contribution in [0.3, 0.4) is 0 Å². The van der Waals surface area contributed by atoms with Crippen LogP contribution < -0.4 is 0 Å². The second kappa shape index (κ2) is 15.1. The van der Waals surface area contributed by atoms with Gasteiger partial charge in [0.25, 0.3) is 0 Å². The third kappa shape index (κ3) is 16.6. The predicted octanol–water partition coefficient (Wildman–Crippen LogP) is 3.84. The topological polar surface area (TPSA) is 68.3 Å². The molecule has 0 aliphatic heterocycles. The fraction of sp³-hybridized carbons (Fsp3) is 0.765. The Hall–Kier alpha value is -1.32. The molecule has 4 nitrogen and oxygen atoms in total. The zero-order chi connectivity index (χ0) is 16.7. The van der Waals surface area contributed by atoms with E-state index >= 15 is 0 Å². The number of hydrogen-bond acceptors (Lipinski definition) is 4. The van der Waals surface area contributed by atoms with Crippen molar-refractivity contribution in [3.63, 3.8) is 0 Å². The Morgan fingerprint density at radius 3 is 1.24 bits per heavy atom. The van der Waals surface area contributed by atoms with Gasteiger partial charge in [-0.3, -0.25) is 19.2 Å². The van der Waals surface area contributed by atoms with Gasteiger partial charge in [0.2, 0.25) is 0 Å². The van der Waals surface area contributed by atoms with Crippen LogP contribution in [-0.4, -0.2) is 23.1 Å². The summed E-state index contributed by atoms with van der Waals surface area (Å²) < 4.78 is 0. The minimum atomic E-state index is -0.309. The third-order valence-electron chi connectivity index (χ3n) is 3.05. The second-order valence-electron chi connectivity index (χ2n) is 5.23. The molecule has 4 heteroatoms. The minimum absolute atomic E-state index is 0.221. The van der Waals surface area contributed by atoms with Crippen molar-refractivity contribution in [2.45, 2.75) is 85.5 Å². The maximum atomic E-state index is 10.8. The third-order valence-corrected chi connectivity index (χ3v) is 3.05. The normalized spacial score (nSPS) is 9.52. The standard InChI is InChI=1S/C9H16O2.C8H14O2/c1-3-4-5-6-7-9(11)8(2)10;1-3-4-5-6-8(10)7(2)9/h3-7H2,1-2H3;3-6H2,1-2H3. The molecular weight excluding hydrogens is 268 g/mol. The summed E-state index contributed by atoms with van der Waals surface area (Å²) in [4.78, 5) is 42.3. The Bertz CT molecular complexity index is 332. The zero-order valence-corrected chi connectivity index (χ0v) is 14.0. The number of unbranched alkanes of at least 4 members (excludes halogenated alkanes) is 5. The predicted molar refractivity (Wildman–Crippen MR) is 84.3 cm³/mol. The molecule has 0 atom stereocenters. The van der Waals surface area contributed by atoms with Crippen molar-refractivity contribution in [2.75, 3.05) is 0 Å². The number of rotatable bonds is 11. The van der Waals surface area contributed by atoms with E-state index in [4.69, 9.17) is 0 Å². The molecule has 0 unspecified atom stereocenters. The number of hydrogen-bond donors (Lipinski definition) is 0. The summed E-state index contributed by atoms with van der Waals surface area (Å²) in [6.07, 6.45) is 8.11. The van der Waals surface area contributed by atoms with Crippen molar-refractivity contribution in [1.82, 2.24) is 0 Å². The van der Waals surface area contributed by atoms with Crippen molar-refractivity contribution in [3.05, 3.63) is 0 Å². The van der Waals surface area contributed by atoms with Crippen LogP contribution in [0, 0.1) is 0 Å². The number of ketones is 4. The van der Waals surface area contributed by atoms with Crippen LogP contribution in [0.2, 0.25) is 0 Å². The van der Waals surface area contributed by atoms with E-state index in [2.05, 4.69) is 13.8 Å². The molecular formula is C17H30O4. The van der Waals surface area contributed by atoms with Crippen LogP contribution in [0.5, 0.6) is 0 Å². The first-order chi connectivity index (χ1) is 9.86. The molecule has 122 valence electrons. The quantitative estimate of drug-likeness (QED) is 0.429. The average Bonchev–Trinajstić information content (AvgIpc) is 2.44. The second-order valence-corrected chi connectivity index (χ2v) is 5.23. The van der Waals surface area contributed by atoms with Gasteiger partial charge in [0.15, 0.2) is 23.1 Å². The van der Waals surface area contributed by atoms with Gasteiger partial charge in [-0.25, -0.2) is 0 Å². The Morgan fingerprint density at radius 1 is 0.571 bits per heavy atom. The molecule has 0 radical (unpaired) electrons. The molecule has 0 aliphatic carbocycles. The molecule has 0 aromatic carbocycles. The number of carbonyl (C=O) groups excluding carboxylic acids is 4. The van der Waals surface area contributed by atoms with Crippen molar-refractivity contribution in [1.29, 1.82) is 0 Å². The maximum absolute atomic E-state index is 10.8. The van der Waals surface area contributed by atoms with Gasteiger partial charge in [-0.05, 0) is 12.8 Å². The highest BCUT2D eigenvalue weighted by atomic mass is 16.2. The summed E-state index contributed by atoms with van der Waals surface area (Å²) in [6, 6.07) is 0. The van der Waals surface area contributed by atoms with Gasteiger partial charge in [-0.2, -0.15) is 0 Å². The van der Waals surface area contributed by atoms with Crippen molar-refractivity contribution in [2.24, 2.45) is 0 Å². The van der Waals surface area contributed by atoms with Gasteiger partial charge in [0.1, 0.15) is 0 Å². The van der Waals surface area contributed by atoms with E-state index < -0.39 is 0 Å². The lowest BCUT2D eigenvalue weighted by atomic mass is 10.1. The van der Waals surface area contributed by atoms with Crippen molar-refractivity contribution < 1.29 is 19.2 Å². The Kier molecular flexibility index (Phi) is 15.8. The SMILES string of the molecule is CCCCCC(=O)C(C)=O.CCCCCCC(=O)C(C)=O. The molecule has 0 aliphatic rings. The monoisotopic (exact) mass is 298 g/mol. The van der Waals surface area contributed by atoms with Crippen LogP contribution in [-0.2, 0) is 19.2 Å². The summed E-state index contributed by atoms with van der Waals surface area (Å²) in [5.74, 6) is -1.06. The molecule has 0 rings (SSSR count). The van der Waals surface area contributed by atoms with Crippen molar-refractivity contribution >= 4 is 23.1 Å². The fourth-order valence-corrected chi connectivity index (χ4v) is 1.60. The summed E-state index contributed by atoms with van der Waals surface area (Å²) in [5.41, 5.74) is 0. The molecule has 0 fully saturated rings. The molecule has 0 saturated carbocycles. The molecule has 0 bridgehead atoms. The lowest BCUT2D eigenvalue weighted by Gasteiger charge is -1.95. The lowest BCUT2D eigenvalue weighted by molar-refractivity contribution is -0.135. The lowest BCUT2D eigenvalue weighted by Crippen LogP contribution is -2.08. The summed E-state index contributed by atoms with van der Waals surface area (Å²) in [5, 5.41) is 0. The van der Waals surface area contributed by atoms with Gasteiger partial charge in [-0.1, -0.05) is 46.0 Å². The van der Waals surface area contributed by atoms with E-state index in [-0.39, 0.29) is 23.1 Å². The van der Waals surface area contributed by atoms with E-state index in [0.717, 1.165) is 44.9 Å². The fourth-order valence-electron chi connectivity index (χ4n) is 1.60. The van der Waals surface area contributed by atoms with Gasteiger partial charge in [0.05, 0.1) is 0 Å². The van der Waals surface area contributed by atoms with Gasteiger partial charge >= 0.3 is 0 Å². The smallest absolute Gasteiger partial charge is 0.198 e. The molecule has 0 aromatic heterocycles. The average molecular weight is 298 g/mol. The molecule has 0 spiro atoms. The van der Waals surface area contributed by atoms with E-state index in [1.807, 2.05) is 0 Å². The first-order valence-electron chi connectivity index (χ1n) is 7.94. The molecule has 0 N–H and O–H groups in total. The van der Waals surface area contributed by atoms with Gasteiger partial charge < -0.3 is 0 Å². The van der Waals surface area contributed by atoms with Crippen LogP contribution in [0.1, 0.15) is 85.5 Å². The Labute approximate surface area is 128 Å². The molecule has 0 heterocycles. The van der Waals surface area contributed by atoms with Crippen molar-refractivity contribution in [3.8, 4) is 0 Å².